The molecule has 0 saturated carbocycles. The number of halogens is 3. The second-order valence-corrected chi connectivity index (χ2v) is 7.07. The molecule has 1 atom stereocenters. The molecule has 1 aromatic carbocycles. The van der Waals surface area contributed by atoms with E-state index < -0.39 is 27.6 Å². The monoisotopic (exact) mass is 291 g/mol. The Bertz CT molecular complexity index is 498. The van der Waals surface area contributed by atoms with E-state index in [0.717, 1.165) is 5.56 Å². The fraction of sp³-hybridized carbons (Fsp3) is 0.462. The van der Waals surface area contributed by atoms with Crippen molar-refractivity contribution in [1.82, 2.24) is 0 Å². The number of alkyl halides is 3. The minimum atomic E-state index is -4.63. The van der Waals surface area contributed by atoms with Crippen LogP contribution >= 0.6 is 0 Å². The highest BCUT2D eigenvalue weighted by atomic mass is 32.2. The zero-order valence-corrected chi connectivity index (χ0v) is 12.0. The summed E-state index contributed by atoms with van der Waals surface area (Å²) in [6.45, 7) is 6.52. The standard InChI is InChI=1S/C13H16F3NOS/c1-9-5-7-10(8-6-9)11(13(14,15)16)17-19(18)12(2,3)4/h5-8H,1-4H3/b17-11-. The van der Waals surface area contributed by atoms with Gasteiger partial charge < -0.3 is 0 Å². The fourth-order valence-electron chi connectivity index (χ4n) is 1.20. The van der Waals surface area contributed by atoms with Crippen molar-refractivity contribution in [3.63, 3.8) is 0 Å². The third-order valence-corrected chi connectivity index (χ3v) is 3.69. The van der Waals surface area contributed by atoms with Crippen LogP contribution in [0.15, 0.2) is 28.7 Å². The molecule has 0 bridgehead atoms. The van der Waals surface area contributed by atoms with Gasteiger partial charge in [0, 0.05) is 5.56 Å². The van der Waals surface area contributed by atoms with Crippen molar-refractivity contribution in [3.05, 3.63) is 35.4 Å². The van der Waals surface area contributed by atoms with Crippen LogP contribution in [0.3, 0.4) is 0 Å². The molecule has 0 heterocycles. The van der Waals surface area contributed by atoms with Gasteiger partial charge in [0.1, 0.15) is 11.0 Å². The van der Waals surface area contributed by atoms with Crippen LogP contribution in [0.4, 0.5) is 13.2 Å². The van der Waals surface area contributed by atoms with E-state index in [9.17, 15) is 17.4 Å². The molecule has 2 nitrogen and oxygen atoms in total. The van der Waals surface area contributed by atoms with Crippen LogP contribution in [-0.4, -0.2) is 20.8 Å². The van der Waals surface area contributed by atoms with Gasteiger partial charge in [-0.15, -0.1) is 0 Å². The first-order valence-electron chi connectivity index (χ1n) is 5.67. The number of benzene rings is 1. The second-order valence-electron chi connectivity index (χ2n) is 5.17. The van der Waals surface area contributed by atoms with Gasteiger partial charge in [-0.1, -0.05) is 29.8 Å². The summed E-state index contributed by atoms with van der Waals surface area (Å²) in [5.74, 6) is 0. The van der Waals surface area contributed by atoms with Gasteiger partial charge in [0.05, 0.1) is 4.75 Å². The normalized spacial score (nSPS) is 15.4. The van der Waals surface area contributed by atoms with Crippen molar-refractivity contribution in [3.8, 4) is 0 Å². The summed E-state index contributed by atoms with van der Waals surface area (Å²) in [6.07, 6.45) is -4.63. The molecule has 0 fully saturated rings. The first-order chi connectivity index (χ1) is 8.51. The average molecular weight is 291 g/mol. The molecule has 0 aliphatic heterocycles. The zero-order valence-electron chi connectivity index (χ0n) is 11.2. The molecule has 0 spiro atoms. The zero-order chi connectivity index (χ0) is 14.8. The van der Waals surface area contributed by atoms with E-state index in [0.29, 0.717) is 0 Å². The topological polar surface area (TPSA) is 29.4 Å². The summed E-state index contributed by atoms with van der Waals surface area (Å²) in [6, 6.07) is 5.80. The summed E-state index contributed by atoms with van der Waals surface area (Å²) in [5, 5.41) is 0. The highest BCUT2D eigenvalue weighted by Gasteiger charge is 2.38. The Morgan fingerprint density at radius 1 is 1.11 bits per heavy atom. The summed E-state index contributed by atoms with van der Waals surface area (Å²) < 4.78 is 53.3. The Morgan fingerprint density at radius 3 is 1.95 bits per heavy atom. The van der Waals surface area contributed by atoms with Crippen molar-refractivity contribution in [2.45, 2.75) is 38.6 Å². The van der Waals surface area contributed by atoms with Gasteiger partial charge in [0.15, 0.2) is 5.71 Å². The maximum absolute atomic E-state index is 13.0. The smallest absolute Gasteiger partial charge is 0.234 e. The molecule has 1 aromatic rings. The third kappa shape index (κ3) is 4.45. The maximum Gasteiger partial charge on any atom is 0.434 e. The Balaban J connectivity index is 3.28. The van der Waals surface area contributed by atoms with Gasteiger partial charge in [-0.3, -0.25) is 0 Å². The van der Waals surface area contributed by atoms with Crippen LogP contribution < -0.4 is 0 Å². The van der Waals surface area contributed by atoms with E-state index in [4.69, 9.17) is 0 Å². The predicted molar refractivity (Wildman–Crippen MR) is 71.7 cm³/mol. The molecular formula is C13H16F3NOS. The molecule has 0 N–H and O–H groups in total. The first kappa shape index (κ1) is 15.9. The highest BCUT2D eigenvalue weighted by Crippen LogP contribution is 2.25. The summed E-state index contributed by atoms with van der Waals surface area (Å²) in [5.41, 5.74) is -0.321. The number of rotatable bonds is 2. The van der Waals surface area contributed by atoms with Gasteiger partial charge in [0.25, 0.3) is 0 Å². The SMILES string of the molecule is Cc1ccc(/C(=N/S(=O)C(C)(C)C)C(F)(F)F)cc1. The quantitative estimate of drug-likeness (QED) is 0.762. The summed E-state index contributed by atoms with van der Waals surface area (Å²) in [4.78, 5) is 0. The lowest BCUT2D eigenvalue weighted by Crippen LogP contribution is -2.28. The Morgan fingerprint density at radius 2 is 1.58 bits per heavy atom. The van der Waals surface area contributed by atoms with E-state index in [2.05, 4.69) is 4.40 Å². The maximum atomic E-state index is 13.0. The largest absolute Gasteiger partial charge is 0.434 e. The van der Waals surface area contributed by atoms with Crippen LogP contribution in [-0.2, 0) is 11.0 Å². The van der Waals surface area contributed by atoms with Crippen LogP contribution in [0.1, 0.15) is 31.9 Å². The Labute approximate surface area is 113 Å². The van der Waals surface area contributed by atoms with Crippen LogP contribution in [0, 0.1) is 6.92 Å². The van der Waals surface area contributed by atoms with Crippen LogP contribution in [0.2, 0.25) is 0 Å². The molecule has 0 aliphatic rings. The van der Waals surface area contributed by atoms with E-state index in [1.807, 2.05) is 0 Å². The number of nitrogens with zero attached hydrogens (tertiary/aromatic N) is 1. The van der Waals surface area contributed by atoms with Gasteiger partial charge in [-0.2, -0.15) is 17.6 Å². The predicted octanol–water partition coefficient (Wildman–Crippen LogP) is 3.81. The molecule has 0 amide bonds. The van der Waals surface area contributed by atoms with Crippen molar-refractivity contribution in [2.75, 3.05) is 0 Å². The lowest BCUT2D eigenvalue weighted by Gasteiger charge is -2.16. The molecule has 19 heavy (non-hydrogen) atoms. The molecule has 6 heteroatoms. The van der Waals surface area contributed by atoms with E-state index in [-0.39, 0.29) is 5.56 Å². The Hall–Kier alpha value is -1.17. The number of hydrogen-bond donors (Lipinski definition) is 0. The molecule has 0 saturated heterocycles. The highest BCUT2D eigenvalue weighted by molar-refractivity contribution is 7.85. The lowest BCUT2D eigenvalue weighted by molar-refractivity contribution is -0.0578. The summed E-state index contributed by atoms with van der Waals surface area (Å²) in [7, 11) is -1.95. The van der Waals surface area contributed by atoms with E-state index in [1.54, 1.807) is 39.8 Å². The first-order valence-corrected chi connectivity index (χ1v) is 6.77. The van der Waals surface area contributed by atoms with Gasteiger partial charge in [-0.05, 0) is 27.7 Å². The van der Waals surface area contributed by atoms with E-state index in [1.165, 1.54) is 12.1 Å². The van der Waals surface area contributed by atoms with Gasteiger partial charge in [0.2, 0.25) is 0 Å². The van der Waals surface area contributed by atoms with Crippen molar-refractivity contribution >= 4 is 16.7 Å². The van der Waals surface area contributed by atoms with Gasteiger partial charge >= 0.3 is 6.18 Å². The number of aryl methyl sites for hydroxylation is 1. The molecule has 0 radical (unpaired) electrons. The second kappa shape index (κ2) is 5.45. The molecule has 0 aromatic heterocycles. The minimum Gasteiger partial charge on any atom is -0.234 e. The van der Waals surface area contributed by atoms with Crippen LogP contribution in [0.25, 0.3) is 0 Å². The molecule has 0 aliphatic carbocycles. The van der Waals surface area contributed by atoms with Crippen molar-refractivity contribution in [1.29, 1.82) is 0 Å². The van der Waals surface area contributed by atoms with Crippen molar-refractivity contribution in [2.24, 2.45) is 4.40 Å². The molecule has 1 unspecified atom stereocenters. The number of hydrogen-bond acceptors (Lipinski definition) is 1. The molecule has 106 valence electrons. The fourth-order valence-corrected chi connectivity index (χ4v) is 1.85. The molecule has 1 rings (SSSR count). The lowest BCUT2D eigenvalue weighted by atomic mass is 10.1. The minimum absolute atomic E-state index is 0.0734. The average Bonchev–Trinajstić information content (AvgIpc) is 2.24. The Kier molecular flexibility index (Phi) is 4.55. The van der Waals surface area contributed by atoms with Crippen molar-refractivity contribution < 1.29 is 17.4 Å². The third-order valence-electron chi connectivity index (χ3n) is 2.29. The summed E-state index contributed by atoms with van der Waals surface area (Å²) >= 11 is 0. The van der Waals surface area contributed by atoms with Crippen LogP contribution in [0.5, 0.6) is 0 Å². The molecular weight excluding hydrogens is 275 g/mol. The van der Waals surface area contributed by atoms with Gasteiger partial charge in [-0.25, -0.2) is 4.21 Å². The van der Waals surface area contributed by atoms with E-state index >= 15 is 0 Å².